The van der Waals surface area contributed by atoms with Crippen molar-refractivity contribution < 1.29 is 31.1 Å². The summed E-state index contributed by atoms with van der Waals surface area (Å²) in [5.41, 5.74) is 3.32. The van der Waals surface area contributed by atoms with Crippen molar-refractivity contribution >= 4 is 0 Å². The van der Waals surface area contributed by atoms with E-state index in [1.165, 1.54) is 63.0 Å². The Kier molecular flexibility index (Phi) is 10.8. The van der Waals surface area contributed by atoms with Gasteiger partial charge >= 0.3 is 6.11 Å². The number of hydrogen-bond acceptors (Lipinski definition) is 1. The van der Waals surface area contributed by atoms with Gasteiger partial charge in [-0.3, -0.25) is 0 Å². The van der Waals surface area contributed by atoms with Crippen LogP contribution in [0.2, 0.25) is 0 Å². The molecule has 0 atom stereocenters. The van der Waals surface area contributed by atoms with Crippen LogP contribution in [0.5, 0.6) is 5.75 Å². The molecular formula is C38H40F6O. The first-order valence-electron chi connectivity index (χ1n) is 16.3. The van der Waals surface area contributed by atoms with E-state index in [-0.39, 0.29) is 24.3 Å². The Balaban J connectivity index is 1.13. The summed E-state index contributed by atoms with van der Waals surface area (Å²) in [5.74, 6) is -0.177. The minimum absolute atomic E-state index is 0.0658. The lowest BCUT2D eigenvalue weighted by Crippen LogP contribution is -2.37. The highest BCUT2D eigenvalue weighted by molar-refractivity contribution is 5.65. The Bertz CT molecular complexity index is 1470. The van der Waals surface area contributed by atoms with E-state index in [1.54, 1.807) is 6.07 Å². The van der Waals surface area contributed by atoms with Gasteiger partial charge in [0, 0.05) is 18.1 Å². The van der Waals surface area contributed by atoms with Crippen LogP contribution in [0.25, 0.3) is 11.1 Å². The van der Waals surface area contributed by atoms with Crippen molar-refractivity contribution in [1.29, 1.82) is 0 Å². The molecule has 2 fully saturated rings. The highest BCUT2D eigenvalue weighted by atomic mass is 19.3. The van der Waals surface area contributed by atoms with E-state index in [0.717, 1.165) is 17.0 Å². The molecule has 0 heterocycles. The van der Waals surface area contributed by atoms with Crippen molar-refractivity contribution in [1.82, 2.24) is 0 Å². The molecule has 0 aliphatic heterocycles. The summed E-state index contributed by atoms with van der Waals surface area (Å²) in [6.45, 7) is 2.25. The highest BCUT2D eigenvalue weighted by Gasteiger charge is 2.44. The highest BCUT2D eigenvalue weighted by Crippen LogP contribution is 2.41. The Hall–Kier alpha value is -3.40. The number of hydrogen-bond donors (Lipinski definition) is 0. The lowest BCUT2D eigenvalue weighted by molar-refractivity contribution is -0.223. The zero-order valence-electron chi connectivity index (χ0n) is 25.7. The second-order valence-electron chi connectivity index (χ2n) is 12.7. The third kappa shape index (κ3) is 8.45. The quantitative estimate of drug-likeness (QED) is 0.0994. The maximum atomic E-state index is 15.0. The van der Waals surface area contributed by atoms with Gasteiger partial charge < -0.3 is 4.74 Å². The number of alkyl halides is 2. The molecule has 1 nitrogen and oxygen atoms in total. The standard InChI is InChI=1S/C38H40F6O/c1-2-3-4-5-25-6-11-27(12-7-25)28-14-16-29(17-15-28)31-19-18-30(34(39)22-31)13-8-26-9-20-32(21-10-26)38(43,44)45-33-23-35(40)37(42)36(41)24-33/h14-19,22-27,32H,2-7,9-12,20-21H2,1H3. The van der Waals surface area contributed by atoms with Crippen LogP contribution in [0.15, 0.2) is 54.6 Å². The summed E-state index contributed by atoms with van der Waals surface area (Å²) >= 11 is 0. The smallest absolute Gasteiger partial charge is 0.400 e. The molecule has 0 N–H and O–H groups in total. The lowest BCUT2D eigenvalue weighted by atomic mass is 9.77. The van der Waals surface area contributed by atoms with Gasteiger partial charge in [0.2, 0.25) is 0 Å². The van der Waals surface area contributed by atoms with Crippen LogP contribution in [0.3, 0.4) is 0 Å². The van der Waals surface area contributed by atoms with E-state index in [1.807, 2.05) is 6.07 Å². The number of halogens is 6. The summed E-state index contributed by atoms with van der Waals surface area (Å²) in [4.78, 5) is 0. The van der Waals surface area contributed by atoms with Crippen molar-refractivity contribution in [2.75, 3.05) is 0 Å². The molecule has 7 heteroatoms. The predicted octanol–water partition coefficient (Wildman–Crippen LogP) is 11.6. The number of ether oxygens (including phenoxy) is 1. The summed E-state index contributed by atoms with van der Waals surface area (Å²) in [7, 11) is 0. The zero-order chi connectivity index (χ0) is 32.0. The van der Waals surface area contributed by atoms with Crippen molar-refractivity contribution in [2.24, 2.45) is 17.8 Å². The fraction of sp³-hybridized carbons (Fsp3) is 0.474. The largest absolute Gasteiger partial charge is 0.432 e. The molecule has 240 valence electrons. The number of rotatable bonds is 9. The van der Waals surface area contributed by atoms with Crippen LogP contribution < -0.4 is 4.74 Å². The lowest BCUT2D eigenvalue weighted by Gasteiger charge is -2.31. The van der Waals surface area contributed by atoms with Gasteiger partial charge in [-0.2, -0.15) is 8.78 Å². The molecule has 0 aromatic heterocycles. The number of unbranched alkanes of at least 4 members (excludes halogenated alkanes) is 2. The summed E-state index contributed by atoms with van der Waals surface area (Å²) < 4.78 is 89.0. The van der Waals surface area contributed by atoms with Gasteiger partial charge in [-0.25, -0.2) is 17.6 Å². The van der Waals surface area contributed by atoms with Crippen molar-refractivity contribution in [3.05, 3.63) is 89.0 Å². The van der Waals surface area contributed by atoms with Crippen LogP contribution >= 0.6 is 0 Å². The van der Waals surface area contributed by atoms with Crippen LogP contribution in [0.1, 0.15) is 101 Å². The summed E-state index contributed by atoms with van der Waals surface area (Å²) in [6, 6.07) is 14.2. The molecular weight excluding hydrogens is 586 g/mol. The van der Waals surface area contributed by atoms with E-state index >= 15 is 4.39 Å². The minimum Gasteiger partial charge on any atom is -0.432 e. The average molecular weight is 627 g/mol. The molecule has 0 unspecified atom stereocenters. The molecule has 45 heavy (non-hydrogen) atoms. The van der Waals surface area contributed by atoms with E-state index < -0.39 is 41.0 Å². The minimum atomic E-state index is -3.69. The summed E-state index contributed by atoms with van der Waals surface area (Å²) in [6.07, 6.45) is 7.48. The molecule has 0 spiro atoms. The Labute approximate surface area is 262 Å². The van der Waals surface area contributed by atoms with Gasteiger partial charge in [-0.05, 0) is 92.0 Å². The predicted molar refractivity (Wildman–Crippen MR) is 165 cm³/mol. The Morgan fingerprint density at radius 3 is 2.00 bits per heavy atom. The number of benzene rings is 3. The van der Waals surface area contributed by atoms with Gasteiger partial charge in [0.05, 0.1) is 11.5 Å². The van der Waals surface area contributed by atoms with Crippen LogP contribution in [0, 0.1) is 52.9 Å². The second kappa shape index (κ2) is 14.8. The zero-order valence-corrected chi connectivity index (χ0v) is 25.7. The first-order chi connectivity index (χ1) is 21.6. The fourth-order valence-electron chi connectivity index (χ4n) is 6.80. The normalized spacial score (nSPS) is 22.0. The third-order valence-electron chi connectivity index (χ3n) is 9.57. The average Bonchev–Trinajstić information content (AvgIpc) is 3.03. The van der Waals surface area contributed by atoms with Crippen LogP contribution in [-0.4, -0.2) is 6.11 Å². The first-order valence-corrected chi connectivity index (χ1v) is 16.3. The maximum absolute atomic E-state index is 15.0. The SMILES string of the molecule is CCCCCC1CCC(c2ccc(-c3ccc(C#CC4CCC(C(F)(F)Oc5cc(F)c(F)c(F)c5)CC4)c(F)c3)cc2)CC1. The maximum Gasteiger partial charge on any atom is 0.400 e. The molecule has 0 saturated heterocycles. The van der Waals surface area contributed by atoms with E-state index in [0.29, 0.717) is 30.9 Å². The molecule has 3 aromatic carbocycles. The Morgan fingerprint density at radius 1 is 0.733 bits per heavy atom. The molecule has 0 bridgehead atoms. The molecule has 3 aromatic rings. The molecule has 2 saturated carbocycles. The fourth-order valence-corrected chi connectivity index (χ4v) is 6.80. The van der Waals surface area contributed by atoms with Gasteiger partial charge in [-0.1, -0.05) is 74.8 Å². The van der Waals surface area contributed by atoms with Gasteiger partial charge in [0.15, 0.2) is 17.5 Å². The first kappa shape index (κ1) is 33.0. The molecule has 0 amide bonds. The van der Waals surface area contributed by atoms with Crippen molar-refractivity contribution in [3.8, 4) is 28.7 Å². The van der Waals surface area contributed by atoms with Gasteiger partial charge in [0.1, 0.15) is 11.6 Å². The Morgan fingerprint density at radius 2 is 1.38 bits per heavy atom. The van der Waals surface area contributed by atoms with Gasteiger partial charge in [-0.15, -0.1) is 0 Å². The third-order valence-corrected chi connectivity index (χ3v) is 9.57. The van der Waals surface area contributed by atoms with E-state index in [4.69, 9.17) is 0 Å². The van der Waals surface area contributed by atoms with E-state index in [2.05, 4.69) is 47.8 Å². The molecule has 2 aliphatic carbocycles. The van der Waals surface area contributed by atoms with Gasteiger partial charge in [0.25, 0.3) is 0 Å². The molecule has 2 aliphatic rings. The monoisotopic (exact) mass is 626 g/mol. The van der Waals surface area contributed by atoms with Crippen molar-refractivity contribution in [2.45, 2.75) is 96.0 Å². The van der Waals surface area contributed by atoms with E-state index in [9.17, 15) is 22.0 Å². The van der Waals surface area contributed by atoms with Crippen LogP contribution in [-0.2, 0) is 0 Å². The molecule has 0 radical (unpaired) electrons. The van der Waals surface area contributed by atoms with Crippen molar-refractivity contribution in [3.63, 3.8) is 0 Å². The van der Waals surface area contributed by atoms with Crippen LogP contribution in [0.4, 0.5) is 26.3 Å². The second-order valence-corrected chi connectivity index (χ2v) is 12.7. The topological polar surface area (TPSA) is 9.23 Å². The molecule has 5 rings (SSSR count). The summed E-state index contributed by atoms with van der Waals surface area (Å²) in [5, 5.41) is 0.